The summed E-state index contributed by atoms with van der Waals surface area (Å²) in [6.45, 7) is 2.69. The summed E-state index contributed by atoms with van der Waals surface area (Å²) in [5.74, 6) is 1.20. The highest BCUT2D eigenvalue weighted by Crippen LogP contribution is 2.29. The summed E-state index contributed by atoms with van der Waals surface area (Å²) in [6.07, 6.45) is 3.33. The largest absolute Gasteiger partial charge is 0.494 e. The van der Waals surface area contributed by atoms with Crippen molar-refractivity contribution >= 4 is 11.4 Å². The minimum Gasteiger partial charge on any atom is -0.494 e. The average molecular weight is 262 g/mol. The van der Waals surface area contributed by atoms with Crippen LogP contribution in [-0.2, 0) is 6.54 Å². The molecule has 0 saturated heterocycles. The molecule has 2 rings (SSSR count). The van der Waals surface area contributed by atoms with Crippen LogP contribution < -0.4 is 10.1 Å². The summed E-state index contributed by atoms with van der Waals surface area (Å²) in [5.41, 5.74) is 0.419. The first-order valence-electron chi connectivity index (χ1n) is 5.84. The van der Waals surface area contributed by atoms with Gasteiger partial charge < -0.3 is 15.0 Å². The highest BCUT2D eigenvalue weighted by atomic mass is 16.6. The van der Waals surface area contributed by atoms with Crippen molar-refractivity contribution in [1.82, 2.24) is 9.97 Å². The van der Waals surface area contributed by atoms with Crippen LogP contribution in [0.2, 0.25) is 0 Å². The van der Waals surface area contributed by atoms with E-state index in [1.807, 2.05) is 6.92 Å². The van der Waals surface area contributed by atoms with Gasteiger partial charge in [0.25, 0.3) is 5.69 Å². The second kappa shape index (κ2) is 5.85. The van der Waals surface area contributed by atoms with Crippen LogP contribution in [0.3, 0.4) is 0 Å². The fraction of sp³-hybridized carbons (Fsp3) is 0.250. The van der Waals surface area contributed by atoms with Crippen molar-refractivity contribution in [1.29, 1.82) is 0 Å². The Morgan fingerprint density at radius 1 is 1.53 bits per heavy atom. The Morgan fingerprint density at radius 2 is 2.37 bits per heavy atom. The first kappa shape index (κ1) is 12.9. The second-order valence-electron chi connectivity index (χ2n) is 3.76. The number of imidazole rings is 1. The molecule has 0 aliphatic rings. The van der Waals surface area contributed by atoms with Gasteiger partial charge in [0.15, 0.2) is 0 Å². The molecule has 2 aromatic rings. The Morgan fingerprint density at radius 3 is 3.00 bits per heavy atom. The number of hydrogen-bond donors (Lipinski definition) is 2. The fourth-order valence-corrected chi connectivity index (χ4v) is 1.64. The van der Waals surface area contributed by atoms with Gasteiger partial charge in [0.1, 0.15) is 17.3 Å². The number of H-pyrrole nitrogens is 1. The molecule has 0 saturated carbocycles. The van der Waals surface area contributed by atoms with Gasteiger partial charge in [0, 0.05) is 12.4 Å². The van der Waals surface area contributed by atoms with E-state index in [-0.39, 0.29) is 5.69 Å². The van der Waals surface area contributed by atoms with E-state index in [0.29, 0.717) is 30.4 Å². The highest BCUT2D eigenvalue weighted by molar-refractivity contribution is 5.63. The van der Waals surface area contributed by atoms with E-state index in [2.05, 4.69) is 15.3 Å². The van der Waals surface area contributed by atoms with Crippen molar-refractivity contribution in [3.63, 3.8) is 0 Å². The van der Waals surface area contributed by atoms with E-state index in [0.717, 1.165) is 0 Å². The zero-order valence-corrected chi connectivity index (χ0v) is 10.4. The number of rotatable bonds is 6. The molecule has 1 heterocycles. The van der Waals surface area contributed by atoms with Crippen LogP contribution in [-0.4, -0.2) is 21.5 Å². The third-order valence-corrected chi connectivity index (χ3v) is 2.48. The monoisotopic (exact) mass is 262 g/mol. The lowest BCUT2D eigenvalue weighted by Crippen LogP contribution is -2.04. The molecular weight excluding hydrogens is 248 g/mol. The van der Waals surface area contributed by atoms with Gasteiger partial charge in [-0.25, -0.2) is 4.98 Å². The van der Waals surface area contributed by atoms with Crippen LogP contribution in [0.15, 0.2) is 30.6 Å². The van der Waals surface area contributed by atoms with Crippen molar-refractivity contribution in [3.8, 4) is 5.75 Å². The number of benzene rings is 1. The summed E-state index contributed by atoms with van der Waals surface area (Å²) >= 11 is 0. The van der Waals surface area contributed by atoms with Gasteiger partial charge >= 0.3 is 0 Å². The number of aromatic nitrogens is 2. The predicted octanol–water partition coefficient (Wildman–Crippen LogP) is 2.33. The molecular formula is C12H14N4O3. The zero-order valence-electron chi connectivity index (χ0n) is 10.4. The Kier molecular flexibility index (Phi) is 3.97. The van der Waals surface area contributed by atoms with Crippen LogP contribution >= 0.6 is 0 Å². The molecule has 0 aliphatic carbocycles. The molecule has 2 N–H and O–H groups in total. The van der Waals surface area contributed by atoms with E-state index in [1.165, 1.54) is 6.07 Å². The summed E-state index contributed by atoms with van der Waals surface area (Å²) in [7, 11) is 0. The van der Waals surface area contributed by atoms with E-state index in [4.69, 9.17) is 4.74 Å². The van der Waals surface area contributed by atoms with Crippen LogP contribution in [0.4, 0.5) is 11.4 Å². The maximum Gasteiger partial charge on any atom is 0.296 e. The van der Waals surface area contributed by atoms with Crippen molar-refractivity contribution in [2.75, 3.05) is 11.9 Å². The smallest absolute Gasteiger partial charge is 0.296 e. The van der Waals surface area contributed by atoms with E-state index in [1.54, 1.807) is 24.5 Å². The first-order valence-corrected chi connectivity index (χ1v) is 5.84. The minimum absolute atomic E-state index is 0.0162. The summed E-state index contributed by atoms with van der Waals surface area (Å²) < 4.78 is 5.25. The van der Waals surface area contributed by atoms with Crippen molar-refractivity contribution in [2.24, 2.45) is 0 Å². The second-order valence-corrected chi connectivity index (χ2v) is 3.76. The van der Waals surface area contributed by atoms with Gasteiger partial charge in [0.2, 0.25) is 0 Å². The molecule has 0 bridgehead atoms. The normalized spacial score (nSPS) is 10.2. The zero-order chi connectivity index (χ0) is 13.7. The number of ether oxygens (including phenoxy) is 1. The SMILES string of the molecule is CCOc1ccc(NCc2ncc[nH]2)c([N+](=O)[O-])c1. The van der Waals surface area contributed by atoms with E-state index in [9.17, 15) is 10.1 Å². The molecule has 19 heavy (non-hydrogen) atoms. The van der Waals surface area contributed by atoms with Crippen LogP contribution in [0.5, 0.6) is 5.75 Å². The maximum atomic E-state index is 11.0. The third kappa shape index (κ3) is 3.21. The lowest BCUT2D eigenvalue weighted by Gasteiger charge is -2.08. The Balaban J connectivity index is 2.16. The average Bonchev–Trinajstić information content (AvgIpc) is 2.90. The molecule has 0 aliphatic heterocycles. The number of aromatic amines is 1. The van der Waals surface area contributed by atoms with Crippen LogP contribution in [0, 0.1) is 10.1 Å². The topological polar surface area (TPSA) is 93.1 Å². The molecule has 0 atom stereocenters. The summed E-state index contributed by atoms with van der Waals surface area (Å²) in [4.78, 5) is 17.5. The molecule has 0 unspecified atom stereocenters. The Hall–Kier alpha value is -2.57. The fourth-order valence-electron chi connectivity index (χ4n) is 1.64. The van der Waals surface area contributed by atoms with Gasteiger partial charge in [-0.05, 0) is 19.1 Å². The van der Waals surface area contributed by atoms with Crippen molar-refractivity contribution in [2.45, 2.75) is 13.5 Å². The molecule has 7 heteroatoms. The number of nitro groups is 1. The van der Waals surface area contributed by atoms with Gasteiger partial charge in [0.05, 0.1) is 24.1 Å². The Labute approximate surface area is 109 Å². The molecule has 100 valence electrons. The third-order valence-electron chi connectivity index (χ3n) is 2.48. The molecule has 0 spiro atoms. The highest BCUT2D eigenvalue weighted by Gasteiger charge is 2.15. The first-order chi connectivity index (χ1) is 9.20. The van der Waals surface area contributed by atoms with E-state index >= 15 is 0 Å². The van der Waals surface area contributed by atoms with Crippen molar-refractivity contribution in [3.05, 3.63) is 46.5 Å². The molecule has 1 aromatic heterocycles. The molecule has 0 radical (unpaired) electrons. The van der Waals surface area contributed by atoms with Crippen LogP contribution in [0.1, 0.15) is 12.7 Å². The summed E-state index contributed by atoms with van der Waals surface area (Å²) in [5, 5.41) is 14.0. The number of nitrogens with zero attached hydrogens (tertiary/aromatic N) is 2. The van der Waals surface area contributed by atoms with Gasteiger partial charge in [-0.2, -0.15) is 0 Å². The van der Waals surface area contributed by atoms with Gasteiger partial charge in [-0.3, -0.25) is 10.1 Å². The van der Waals surface area contributed by atoms with Crippen molar-refractivity contribution < 1.29 is 9.66 Å². The maximum absolute atomic E-state index is 11.0. The van der Waals surface area contributed by atoms with Gasteiger partial charge in [-0.1, -0.05) is 0 Å². The number of hydrogen-bond acceptors (Lipinski definition) is 5. The molecule has 7 nitrogen and oxygen atoms in total. The molecule has 0 amide bonds. The Bertz CT molecular complexity index is 554. The molecule has 0 fully saturated rings. The number of nitrogens with one attached hydrogen (secondary N) is 2. The number of nitro benzene ring substituents is 1. The molecule has 1 aromatic carbocycles. The predicted molar refractivity (Wildman–Crippen MR) is 70.2 cm³/mol. The lowest BCUT2D eigenvalue weighted by molar-refractivity contribution is -0.384. The standard InChI is InChI=1S/C12H14N4O3/c1-2-19-9-3-4-10(11(7-9)16(17)18)15-8-12-13-5-6-14-12/h3-7,15H,2,8H2,1H3,(H,13,14). The number of anilines is 1. The van der Waals surface area contributed by atoms with E-state index < -0.39 is 4.92 Å². The van der Waals surface area contributed by atoms with Crippen LogP contribution in [0.25, 0.3) is 0 Å². The lowest BCUT2D eigenvalue weighted by atomic mass is 10.2. The minimum atomic E-state index is -0.438. The quantitative estimate of drug-likeness (QED) is 0.615. The summed E-state index contributed by atoms with van der Waals surface area (Å²) in [6, 6.07) is 4.74. The van der Waals surface area contributed by atoms with Gasteiger partial charge in [-0.15, -0.1) is 0 Å².